The predicted octanol–water partition coefficient (Wildman–Crippen LogP) is 1.92. The van der Waals surface area contributed by atoms with Gasteiger partial charge in [-0.3, -0.25) is 0 Å². The van der Waals surface area contributed by atoms with Gasteiger partial charge in [0.2, 0.25) is 0 Å². The Morgan fingerprint density at radius 3 is 2.76 bits per heavy atom. The molecule has 94 valence electrons. The highest BCUT2D eigenvalue weighted by molar-refractivity contribution is 14.1. The monoisotopic (exact) mass is 347 g/mol. The van der Waals surface area contributed by atoms with Gasteiger partial charge in [0.25, 0.3) is 0 Å². The first kappa shape index (κ1) is 13.3. The van der Waals surface area contributed by atoms with Gasteiger partial charge in [0.05, 0.1) is 6.10 Å². The van der Waals surface area contributed by atoms with Crippen molar-refractivity contribution in [2.24, 2.45) is 0 Å². The largest absolute Gasteiger partial charge is 0.386 e. The summed E-state index contributed by atoms with van der Waals surface area (Å²) in [6.07, 6.45) is 0.639. The van der Waals surface area contributed by atoms with Gasteiger partial charge in [-0.1, -0.05) is 12.1 Å². The summed E-state index contributed by atoms with van der Waals surface area (Å²) in [6, 6.07) is 8.39. The molecule has 2 rings (SSSR count). The van der Waals surface area contributed by atoms with Crippen molar-refractivity contribution in [2.75, 3.05) is 13.2 Å². The van der Waals surface area contributed by atoms with Gasteiger partial charge in [0.1, 0.15) is 5.60 Å². The average Bonchev–Trinajstić information content (AvgIpc) is 2.63. The van der Waals surface area contributed by atoms with Crippen molar-refractivity contribution in [3.8, 4) is 0 Å². The van der Waals surface area contributed by atoms with Crippen LogP contribution in [0.2, 0.25) is 0 Å². The van der Waals surface area contributed by atoms with E-state index < -0.39 is 5.60 Å². The third-order valence-corrected chi connectivity index (χ3v) is 4.05. The normalized spacial score (nSPS) is 28.5. The Balaban J connectivity index is 1.81. The summed E-state index contributed by atoms with van der Waals surface area (Å²) in [6.45, 7) is 3.95. The molecule has 4 heteroatoms. The van der Waals surface area contributed by atoms with E-state index in [9.17, 15) is 5.11 Å². The molecule has 0 aromatic heterocycles. The molecule has 2 N–H and O–H groups in total. The van der Waals surface area contributed by atoms with E-state index in [1.165, 1.54) is 9.13 Å². The molecular formula is C13H18INO2. The van der Waals surface area contributed by atoms with E-state index in [2.05, 4.69) is 52.2 Å². The van der Waals surface area contributed by atoms with Crippen molar-refractivity contribution in [2.45, 2.75) is 31.6 Å². The number of benzene rings is 1. The summed E-state index contributed by atoms with van der Waals surface area (Å²) in [5.74, 6) is 0. The van der Waals surface area contributed by atoms with Gasteiger partial charge in [-0.25, -0.2) is 0 Å². The number of nitrogens with one attached hydrogen (secondary N) is 1. The first-order valence-electron chi connectivity index (χ1n) is 5.89. The van der Waals surface area contributed by atoms with Crippen LogP contribution in [0.15, 0.2) is 24.3 Å². The molecule has 1 saturated heterocycles. The van der Waals surface area contributed by atoms with Gasteiger partial charge in [-0.15, -0.1) is 0 Å². The van der Waals surface area contributed by atoms with E-state index in [-0.39, 0.29) is 6.10 Å². The summed E-state index contributed by atoms with van der Waals surface area (Å²) in [5.41, 5.74) is 0.531. The molecule has 0 spiro atoms. The molecule has 0 aliphatic carbocycles. The van der Waals surface area contributed by atoms with Gasteiger partial charge < -0.3 is 15.2 Å². The van der Waals surface area contributed by atoms with Crippen molar-refractivity contribution in [3.05, 3.63) is 33.4 Å². The fourth-order valence-electron chi connectivity index (χ4n) is 2.03. The Bertz CT molecular complexity index is 368. The van der Waals surface area contributed by atoms with E-state index in [1.807, 2.05) is 6.92 Å². The summed E-state index contributed by atoms with van der Waals surface area (Å²) < 4.78 is 6.63. The van der Waals surface area contributed by atoms with Crippen LogP contribution in [0.5, 0.6) is 0 Å². The lowest BCUT2D eigenvalue weighted by molar-refractivity contribution is -0.0262. The summed E-state index contributed by atoms with van der Waals surface area (Å²) >= 11 is 2.29. The fourth-order valence-corrected chi connectivity index (χ4v) is 2.39. The second kappa shape index (κ2) is 5.65. The van der Waals surface area contributed by atoms with Crippen LogP contribution >= 0.6 is 22.6 Å². The minimum Gasteiger partial charge on any atom is -0.386 e. The van der Waals surface area contributed by atoms with Crippen molar-refractivity contribution in [1.29, 1.82) is 0 Å². The highest BCUT2D eigenvalue weighted by atomic mass is 127. The Hall–Kier alpha value is -0.170. The second-order valence-electron chi connectivity index (χ2n) is 4.60. The van der Waals surface area contributed by atoms with Crippen LogP contribution in [0.3, 0.4) is 0 Å². The molecule has 1 fully saturated rings. The maximum absolute atomic E-state index is 10.3. The molecule has 1 aromatic carbocycles. The second-order valence-corrected chi connectivity index (χ2v) is 5.84. The third-order valence-electron chi connectivity index (χ3n) is 3.33. The van der Waals surface area contributed by atoms with Crippen LogP contribution in [-0.4, -0.2) is 30.0 Å². The smallest absolute Gasteiger partial charge is 0.105 e. The summed E-state index contributed by atoms with van der Waals surface area (Å²) in [7, 11) is 0. The Labute approximate surface area is 116 Å². The van der Waals surface area contributed by atoms with Crippen molar-refractivity contribution < 1.29 is 9.84 Å². The molecule has 1 aliphatic rings. The van der Waals surface area contributed by atoms with Gasteiger partial charge in [-0.05, 0) is 47.2 Å². The number of hydrogen-bond acceptors (Lipinski definition) is 3. The van der Waals surface area contributed by atoms with E-state index >= 15 is 0 Å². The van der Waals surface area contributed by atoms with Gasteiger partial charge in [-0.2, -0.15) is 0 Å². The van der Waals surface area contributed by atoms with Crippen molar-refractivity contribution in [1.82, 2.24) is 5.32 Å². The Morgan fingerprint density at radius 1 is 1.47 bits per heavy atom. The molecule has 0 amide bonds. The molecule has 0 bridgehead atoms. The number of halogens is 1. The standard InChI is InChI=1S/C13H18INO2/c1-10-13(16,6-7-17-10)9-15-8-11-2-4-12(14)5-3-11/h2-5,10,15-16H,6-9H2,1H3. The number of ether oxygens (including phenoxy) is 1. The third kappa shape index (κ3) is 3.40. The minimum absolute atomic E-state index is 0.0771. The zero-order valence-corrected chi connectivity index (χ0v) is 12.1. The molecule has 0 radical (unpaired) electrons. The van der Waals surface area contributed by atoms with E-state index in [4.69, 9.17) is 4.74 Å². The quantitative estimate of drug-likeness (QED) is 0.818. The lowest BCUT2D eigenvalue weighted by Gasteiger charge is -2.26. The average molecular weight is 347 g/mol. The van der Waals surface area contributed by atoms with Crippen molar-refractivity contribution in [3.63, 3.8) is 0 Å². The topological polar surface area (TPSA) is 41.5 Å². The van der Waals surface area contributed by atoms with Gasteiger partial charge in [0, 0.05) is 29.7 Å². The SMILES string of the molecule is CC1OCCC1(O)CNCc1ccc(I)cc1. The summed E-state index contributed by atoms with van der Waals surface area (Å²) in [5, 5.41) is 13.6. The first-order chi connectivity index (χ1) is 8.10. The highest BCUT2D eigenvalue weighted by Crippen LogP contribution is 2.24. The van der Waals surface area contributed by atoms with Crippen LogP contribution < -0.4 is 5.32 Å². The number of rotatable bonds is 4. The highest BCUT2D eigenvalue weighted by Gasteiger charge is 2.38. The molecule has 2 atom stereocenters. The minimum atomic E-state index is -0.705. The molecule has 1 heterocycles. The Morgan fingerprint density at radius 2 is 2.18 bits per heavy atom. The van der Waals surface area contributed by atoms with Crippen LogP contribution in [0.1, 0.15) is 18.9 Å². The number of aliphatic hydroxyl groups is 1. The summed E-state index contributed by atoms with van der Waals surface area (Å²) in [4.78, 5) is 0. The van der Waals surface area contributed by atoms with E-state index in [0.29, 0.717) is 19.6 Å². The van der Waals surface area contributed by atoms with Crippen LogP contribution in [-0.2, 0) is 11.3 Å². The maximum Gasteiger partial charge on any atom is 0.105 e. The zero-order chi connectivity index (χ0) is 12.3. The first-order valence-corrected chi connectivity index (χ1v) is 6.97. The van der Waals surface area contributed by atoms with Gasteiger partial charge >= 0.3 is 0 Å². The van der Waals surface area contributed by atoms with Crippen molar-refractivity contribution >= 4 is 22.6 Å². The van der Waals surface area contributed by atoms with Crippen LogP contribution in [0, 0.1) is 3.57 Å². The Kier molecular flexibility index (Phi) is 4.41. The van der Waals surface area contributed by atoms with Gasteiger partial charge in [0.15, 0.2) is 0 Å². The van der Waals surface area contributed by atoms with Crippen LogP contribution in [0.25, 0.3) is 0 Å². The predicted molar refractivity (Wildman–Crippen MR) is 75.8 cm³/mol. The molecule has 0 saturated carbocycles. The molecular weight excluding hydrogens is 329 g/mol. The molecule has 2 unspecified atom stereocenters. The maximum atomic E-state index is 10.3. The lowest BCUT2D eigenvalue weighted by atomic mass is 9.96. The molecule has 1 aromatic rings. The van der Waals surface area contributed by atoms with E-state index in [1.54, 1.807) is 0 Å². The molecule has 3 nitrogen and oxygen atoms in total. The molecule has 17 heavy (non-hydrogen) atoms. The fraction of sp³-hybridized carbons (Fsp3) is 0.538. The number of hydrogen-bond donors (Lipinski definition) is 2. The molecule has 1 aliphatic heterocycles. The zero-order valence-electron chi connectivity index (χ0n) is 9.95. The lowest BCUT2D eigenvalue weighted by Crippen LogP contribution is -2.45. The van der Waals surface area contributed by atoms with E-state index in [0.717, 1.165) is 6.54 Å². The van der Waals surface area contributed by atoms with Crippen LogP contribution in [0.4, 0.5) is 0 Å².